The monoisotopic (exact) mass is 644 g/mol. The van der Waals surface area contributed by atoms with Gasteiger partial charge in [0.05, 0.1) is 43.6 Å². The molecule has 1 amide bonds. The second-order valence-corrected chi connectivity index (χ2v) is 18.0. The molecule has 5 saturated carbocycles. The molecule has 5 aliphatic carbocycles. The van der Waals surface area contributed by atoms with Gasteiger partial charge in [0.25, 0.3) is 0 Å². The van der Waals surface area contributed by atoms with Gasteiger partial charge in [-0.3, -0.25) is 14.5 Å². The number of nitrogens with zero attached hydrogens (tertiary/aromatic N) is 1. The van der Waals surface area contributed by atoms with Gasteiger partial charge in [0.15, 0.2) is 12.4 Å². The van der Waals surface area contributed by atoms with Crippen LogP contribution in [-0.2, 0) is 28.5 Å². The SMILES string of the molecule is CC(=O)O[C@@H]([C@H]1CCC2C(CC3[C@@H]4CCC5C(C)(C)[C@@H](OC6CN(CC(N)=O)CCO6)CCC56[C@@H](C)[C@@]46CC[C@]23C)O1)C(C)(C)O. The van der Waals surface area contributed by atoms with E-state index in [1.807, 2.05) is 0 Å². The summed E-state index contributed by atoms with van der Waals surface area (Å²) in [6.07, 6.45) is 9.47. The average molecular weight is 645 g/mol. The van der Waals surface area contributed by atoms with E-state index in [-0.39, 0.29) is 53.9 Å². The predicted octanol–water partition coefficient (Wildman–Crippen LogP) is 4.67. The second-order valence-electron chi connectivity index (χ2n) is 18.0. The maximum Gasteiger partial charge on any atom is 0.303 e. The highest BCUT2D eigenvalue weighted by atomic mass is 16.7. The van der Waals surface area contributed by atoms with Crippen LogP contribution in [0.25, 0.3) is 0 Å². The van der Waals surface area contributed by atoms with Gasteiger partial charge in [-0.15, -0.1) is 0 Å². The van der Waals surface area contributed by atoms with Gasteiger partial charge in [0.2, 0.25) is 5.91 Å². The number of rotatable bonds is 7. The fraction of sp³-hybridized carbons (Fsp3) is 0.946. The minimum Gasteiger partial charge on any atom is -0.457 e. The van der Waals surface area contributed by atoms with Crippen molar-refractivity contribution in [2.75, 3.05) is 26.2 Å². The predicted molar refractivity (Wildman–Crippen MR) is 172 cm³/mol. The third-order valence-electron chi connectivity index (χ3n) is 15.4. The maximum atomic E-state index is 12.0. The first kappa shape index (κ1) is 33.2. The standard InChI is InChI=1S/C37H60N2O7/c1-21-36-15-14-35(7)24-8-10-26(32(34(5,6)42)44-22(2)40)45-27(24)18-25(35)23(36)9-11-28-33(3,4)29(12-13-37(21,28)36)46-31-20-39(16-17-43-31)19-30(38)41/h21,23-29,31-32,42H,8-20H2,1-7H3,(H2,38,41)/t21-,23-,24?,25?,26+,27?,28?,29-,31?,32-,35+,36-,37?/m0/s1. The lowest BCUT2D eigenvalue weighted by Gasteiger charge is -2.60. The number of hydrogen-bond acceptors (Lipinski definition) is 8. The number of carbonyl (C=O) groups excluding carboxylic acids is 2. The highest BCUT2D eigenvalue weighted by molar-refractivity contribution is 5.75. The molecule has 2 aliphatic heterocycles. The van der Waals surface area contributed by atoms with E-state index in [2.05, 4.69) is 32.6 Å². The minimum absolute atomic E-state index is 0.0415. The number of fused-ring (bicyclic) bond motifs is 4. The van der Waals surface area contributed by atoms with E-state index in [1.54, 1.807) is 13.8 Å². The highest BCUT2D eigenvalue weighted by Crippen LogP contribution is 2.89. The van der Waals surface area contributed by atoms with Crippen molar-refractivity contribution in [2.45, 2.75) is 143 Å². The third kappa shape index (κ3) is 4.79. The Balaban J connectivity index is 1.08. The Kier molecular flexibility index (Phi) is 8.04. The maximum absolute atomic E-state index is 12.0. The van der Waals surface area contributed by atoms with E-state index >= 15 is 0 Å². The molecule has 3 N–H and O–H groups in total. The smallest absolute Gasteiger partial charge is 0.303 e. The molecular weight excluding hydrogens is 584 g/mol. The molecule has 7 fully saturated rings. The van der Waals surface area contributed by atoms with E-state index in [1.165, 1.54) is 39.0 Å². The zero-order chi connectivity index (χ0) is 33.0. The summed E-state index contributed by atoms with van der Waals surface area (Å²) in [7, 11) is 0. The fourth-order valence-electron chi connectivity index (χ4n) is 13.6. The van der Waals surface area contributed by atoms with E-state index in [0.717, 1.165) is 37.5 Å². The molecule has 7 aliphatic rings. The molecule has 0 bridgehead atoms. The van der Waals surface area contributed by atoms with Crippen molar-refractivity contribution in [1.29, 1.82) is 0 Å². The lowest BCUT2D eigenvalue weighted by atomic mass is 9.46. The molecule has 0 aromatic carbocycles. The van der Waals surface area contributed by atoms with Gasteiger partial charge >= 0.3 is 5.97 Å². The normalized spacial score (nSPS) is 48.6. The van der Waals surface area contributed by atoms with Crippen molar-refractivity contribution in [2.24, 2.45) is 57.0 Å². The Morgan fingerprint density at radius 2 is 1.76 bits per heavy atom. The number of morpholine rings is 1. The number of hydrogen-bond donors (Lipinski definition) is 2. The molecule has 9 nitrogen and oxygen atoms in total. The Morgan fingerprint density at radius 3 is 2.46 bits per heavy atom. The lowest BCUT2D eigenvalue weighted by molar-refractivity contribution is -0.245. The molecule has 2 saturated heterocycles. The number of ether oxygens (including phenoxy) is 4. The number of primary amides is 1. The molecule has 6 unspecified atom stereocenters. The van der Waals surface area contributed by atoms with Crippen LogP contribution in [0, 0.1) is 51.2 Å². The van der Waals surface area contributed by atoms with Crippen LogP contribution in [0.2, 0.25) is 0 Å². The molecule has 9 heteroatoms. The van der Waals surface area contributed by atoms with Gasteiger partial charge in [-0.25, -0.2) is 0 Å². The summed E-state index contributed by atoms with van der Waals surface area (Å²) in [6, 6.07) is 0. The summed E-state index contributed by atoms with van der Waals surface area (Å²) in [6.45, 7) is 17.1. The van der Waals surface area contributed by atoms with Gasteiger partial charge in [0, 0.05) is 13.5 Å². The largest absolute Gasteiger partial charge is 0.457 e. The van der Waals surface area contributed by atoms with E-state index in [0.29, 0.717) is 48.3 Å². The number of amides is 1. The van der Waals surface area contributed by atoms with Crippen LogP contribution in [0.1, 0.15) is 106 Å². The molecule has 0 aromatic heterocycles. The van der Waals surface area contributed by atoms with Crippen molar-refractivity contribution in [3.63, 3.8) is 0 Å². The van der Waals surface area contributed by atoms with Gasteiger partial charge < -0.3 is 29.8 Å². The first-order chi connectivity index (χ1) is 21.6. The third-order valence-corrected chi connectivity index (χ3v) is 15.4. The summed E-state index contributed by atoms with van der Waals surface area (Å²) in [4.78, 5) is 25.6. The van der Waals surface area contributed by atoms with Crippen molar-refractivity contribution >= 4 is 11.9 Å². The first-order valence-corrected chi connectivity index (χ1v) is 18.4. The topological polar surface area (TPSA) is 121 Å². The second kappa shape index (κ2) is 11.1. The Labute approximate surface area is 276 Å². The van der Waals surface area contributed by atoms with Crippen molar-refractivity contribution in [3.05, 3.63) is 0 Å². The van der Waals surface area contributed by atoms with E-state index in [4.69, 9.17) is 24.7 Å². The zero-order valence-electron chi connectivity index (χ0n) is 29.4. The number of aliphatic hydroxyl groups is 1. The lowest BCUT2D eigenvalue weighted by Crippen LogP contribution is -2.56. The average Bonchev–Trinajstić information content (AvgIpc) is 3.34. The van der Waals surface area contributed by atoms with Crippen LogP contribution in [-0.4, -0.2) is 84.4 Å². The van der Waals surface area contributed by atoms with Gasteiger partial charge in [-0.05, 0) is 123 Å². The number of esters is 1. The molecule has 0 aromatic rings. The quantitative estimate of drug-likeness (QED) is 0.384. The molecule has 2 heterocycles. The fourth-order valence-corrected chi connectivity index (χ4v) is 13.6. The van der Waals surface area contributed by atoms with Crippen LogP contribution >= 0.6 is 0 Å². The Bertz CT molecular complexity index is 1220. The van der Waals surface area contributed by atoms with Gasteiger partial charge in [-0.2, -0.15) is 0 Å². The molecule has 46 heavy (non-hydrogen) atoms. The van der Waals surface area contributed by atoms with Gasteiger partial charge in [-0.1, -0.05) is 27.7 Å². The summed E-state index contributed by atoms with van der Waals surface area (Å²) < 4.78 is 25.4. The van der Waals surface area contributed by atoms with Crippen molar-refractivity contribution in [1.82, 2.24) is 4.90 Å². The summed E-state index contributed by atoms with van der Waals surface area (Å²) >= 11 is 0. The molecule has 7 rings (SSSR count). The first-order valence-electron chi connectivity index (χ1n) is 18.4. The minimum atomic E-state index is -1.15. The van der Waals surface area contributed by atoms with E-state index in [9.17, 15) is 14.7 Å². The summed E-state index contributed by atoms with van der Waals surface area (Å²) in [5, 5.41) is 10.9. The summed E-state index contributed by atoms with van der Waals surface area (Å²) in [5.41, 5.74) is 5.43. The molecular formula is C37H60N2O7. The Morgan fingerprint density at radius 1 is 1.02 bits per heavy atom. The number of nitrogens with two attached hydrogens (primary N) is 1. The van der Waals surface area contributed by atoms with Crippen LogP contribution in [0.5, 0.6) is 0 Å². The molecule has 13 atom stereocenters. The van der Waals surface area contributed by atoms with Crippen LogP contribution < -0.4 is 5.73 Å². The molecule has 260 valence electrons. The van der Waals surface area contributed by atoms with Crippen molar-refractivity contribution in [3.8, 4) is 0 Å². The van der Waals surface area contributed by atoms with E-state index < -0.39 is 11.7 Å². The van der Waals surface area contributed by atoms with Crippen LogP contribution in [0.15, 0.2) is 0 Å². The van der Waals surface area contributed by atoms with Crippen molar-refractivity contribution < 1.29 is 33.6 Å². The van der Waals surface area contributed by atoms with Crippen LogP contribution in [0.3, 0.4) is 0 Å². The molecule has 2 spiro atoms. The number of carbonyl (C=O) groups is 2. The van der Waals surface area contributed by atoms with Gasteiger partial charge in [0.1, 0.15) is 0 Å². The summed E-state index contributed by atoms with van der Waals surface area (Å²) in [5.74, 6) is 2.58. The van der Waals surface area contributed by atoms with Crippen LogP contribution in [0.4, 0.5) is 0 Å². The molecule has 0 radical (unpaired) electrons. The Hall–Kier alpha value is -1.26. The zero-order valence-corrected chi connectivity index (χ0v) is 29.4. The highest BCUT2D eigenvalue weighted by Gasteiger charge is 2.84.